The van der Waals surface area contributed by atoms with E-state index in [9.17, 15) is 4.79 Å². The molecule has 2 aromatic heterocycles. The Kier molecular flexibility index (Phi) is 8.56. The second kappa shape index (κ2) is 12.2. The molecule has 1 amide bonds. The van der Waals surface area contributed by atoms with Crippen molar-refractivity contribution in [2.45, 2.75) is 70.3 Å². The van der Waals surface area contributed by atoms with Crippen molar-refractivity contribution in [1.29, 1.82) is 0 Å². The van der Waals surface area contributed by atoms with E-state index >= 15 is 0 Å². The highest BCUT2D eigenvalue weighted by Gasteiger charge is 2.18. The Morgan fingerprint density at radius 1 is 1.06 bits per heavy atom. The van der Waals surface area contributed by atoms with Gasteiger partial charge in [0.2, 0.25) is 5.91 Å². The van der Waals surface area contributed by atoms with Crippen LogP contribution >= 0.6 is 0 Å². The van der Waals surface area contributed by atoms with Crippen LogP contribution in [0.15, 0.2) is 36.8 Å². The molecule has 0 atom stereocenters. The number of hydrogen-bond donors (Lipinski definition) is 5. The predicted octanol–water partition coefficient (Wildman–Crippen LogP) is 5.28. The minimum Gasteiger partial charge on any atom is -0.494 e. The summed E-state index contributed by atoms with van der Waals surface area (Å²) in [5, 5.41) is 15.7. The maximum absolute atomic E-state index is 11.0. The lowest BCUT2D eigenvalue weighted by molar-refractivity contribution is -0.129. The van der Waals surface area contributed by atoms with E-state index in [1.807, 2.05) is 30.5 Å². The number of amides is 1. The molecule has 2 heterocycles. The van der Waals surface area contributed by atoms with Crippen molar-refractivity contribution in [3.8, 4) is 5.75 Å². The van der Waals surface area contributed by atoms with Gasteiger partial charge >= 0.3 is 0 Å². The SMILES string of the molecule is O=C(CCCCCCOc1ccc(Nc2cnc3[nH]cnc3c2NC2CCCCC2)cc1)NO. The molecule has 34 heavy (non-hydrogen) atoms. The van der Waals surface area contributed by atoms with Gasteiger partial charge in [-0.1, -0.05) is 32.1 Å². The molecule has 1 aliphatic carbocycles. The molecule has 0 spiro atoms. The zero-order chi connectivity index (χ0) is 23.6. The maximum atomic E-state index is 11.0. The summed E-state index contributed by atoms with van der Waals surface area (Å²) in [6, 6.07) is 8.38. The van der Waals surface area contributed by atoms with Gasteiger partial charge in [-0.3, -0.25) is 10.0 Å². The number of nitrogens with zero attached hydrogens (tertiary/aromatic N) is 2. The average molecular weight is 467 g/mol. The van der Waals surface area contributed by atoms with E-state index in [0.717, 1.165) is 59.7 Å². The van der Waals surface area contributed by atoms with Crippen molar-refractivity contribution in [3.63, 3.8) is 0 Å². The molecule has 0 bridgehead atoms. The largest absolute Gasteiger partial charge is 0.494 e. The lowest BCUT2D eigenvalue weighted by Gasteiger charge is -2.25. The van der Waals surface area contributed by atoms with Crippen LogP contribution in [0.5, 0.6) is 5.75 Å². The number of H-pyrrole nitrogens is 1. The minimum absolute atomic E-state index is 0.332. The number of fused-ring (bicyclic) bond motifs is 1. The number of imidazole rings is 1. The van der Waals surface area contributed by atoms with Crippen molar-refractivity contribution in [2.75, 3.05) is 17.2 Å². The molecule has 1 saturated carbocycles. The van der Waals surface area contributed by atoms with E-state index < -0.39 is 0 Å². The van der Waals surface area contributed by atoms with Crippen LogP contribution in [0.25, 0.3) is 11.2 Å². The number of benzene rings is 1. The third-order valence-electron chi connectivity index (χ3n) is 6.23. The van der Waals surface area contributed by atoms with Crippen LogP contribution < -0.4 is 20.9 Å². The molecule has 3 aromatic rings. The highest BCUT2D eigenvalue weighted by Crippen LogP contribution is 2.33. The summed E-state index contributed by atoms with van der Waals surface area (Å²) in [6.07, 6.45) is 13.7. The number of pyridine rings is 1. The summed E-state index contributed by atoms with van der Waals surface area (Å²) in [4.78, 5) is 23.1. The van der Waals surface area contributed by atoms with Gasteiger partial charge in [0.1, 0.15) is 11.3 Å². The van der Waals surface area contributed by atoms with Crippen LogP contribution in [-0.2, 0) is 4.79 Å². The lowest BCUT2D eigenvalue weighted by Crippen LogP contribution is -2.23. The summed E-state index contributed by atoms with van der Waals surface area (Å²) in [5.41, 5.74) is 6.15. The van der Waals surface area contributed by atoms with Gasteiger partial charge in [-0.2, -0.15) is 0 Å². The summed E-state index contributed by atoms with van der Waals surface area (Å²) in [6.45, 7) is 0.633. The Labute approximate surface area is 199 Å². The van der Waals surface area contributed by atoms with Crippen LogP contribution in [0.3, 0.4) is 0 Å². The zero-order valence-corrected chi connectivity index (χ0v) is 19.5. The lowest BCUT2D eigenvalue weighted by atomic mass is 9.95. The quantitative estimate of drug-likeness (QED) is 0.140. The highest BCUT2D eigenvalue weighted by molar-refractivity contribution is 5.94. The summed E-state index contributed by atoms with van der Waals surface area (Å²) >= 11 is 0. The average Bonchev–Trinajstić information content (AvgIpc) is 3.35. The number of ether oxygens (including phenoxy) is 1. The van der Waals surface area contributed by atoms with E-state index in [1.165, 1.54) is 32.1 Å². The zero-order valence-electron chi connectivity index (χ0n) is 19.5. The molecule has 0 radical (unpaired) electrons. The van der Waals surface area contributed by atoms with Gasteiger partial charge in [-0.15, -0.1) is 0 Å². The maximum Gasteiger partial charge on any atom is 0.243 e. The number of rotatable bonds is 12. The first-order valence-electron chi connectivity index (χ1n) is 12.2. The Morgan fingerprint density at radius 3 is 2.65 bits per heavy atom. The second-order valence-electron chi connectivity index (χ2n) is 8.82. The van der Waals surface area contributed by atoms with Gasteiger partial charge in [0, 0.05) is 18.2 Å². The van der Waals surface area contributed by atoms with Crippen molar-refractivity contribution in [2.24, 2.45) is 0 Å². The smallest absolute Gasteiger partial charge is 0.243 e. The standard InChI is InChI=1S/C25H34N6O3/c32-22(31-33)10-6-1-2-7-15-34-20-13-11-19(12-14-20)29-21-16-26-25-24(27-17-28-25)23(21)30-18-8-4-3-5-9-18/h11-14,16-18,29,33H,1-10,15H2,(H,31,32)(H2,26,27,28,30). The van der Waals surface area contributed by atoms with Gasteiger partial charge in [0.25, 0.3) is 0 Å². The van der Waals surface area contributed by atoms with Crippen LogP contribution in [0.1, 0.15) is 64.2 Å². The van der Waals surface area contributed by atoms with Crippen molar-refractivity contribution in [1.82, 2.24) is 20.4 Å². The molecule has 5 N–H and O–H groups in total. The molecular formula is C25H34N6O3. The molecule has 0 unspecified atom stereocenters. The number of hydrogen-bond acceptors (Lipinski definition) is 7. The van der Waals surface area contributed by atoms with Crippen molar-refractivity contribution >= 4 is 34.1 Å². The molecule has 9 heteroatoms. The number of unbranched alkanes of at least 4 members (excludes halogenated alkanes) is 3. The van der Waals surface area contributed by atoms with Gasteiger partial charge in [0.05, 0.1) is 30.5 Å². The predicted molar refractivity (Wildman–Crippen MR) is 133 cm³/mol. The van der Waals surface area contributed by atoms with E-state index in [-0.39, 0.29) is 5.91 Å². The minimum atomic E-state index is -0.332. The number of carbonyl (C=O) groups is 1. The van der Waals surface area contributed by atoms with Gasteiger partial charge in [0.15, 0.2) is 5.65 Å². The van der Waals surface area contributed by atoms with E-state index in [0.29, 0.717) is 19.1 Å². The molecule has 1 fully saturated rings. The highest BCUT2D eigenvalue weighted by atomic mass is 16.5. The Hall–Kier alpha value is -3.33. The van der Waals surface area contributed by atoms with Gasteiger partial charge < -0.3 is 20.4 Å². The Bertz CT molecular complexity index is 1050. The number of aromatic amines is 1. The van der Waals surface area contributed by atoms with E-state index in [2.05, 4.69) is 25.6 Å². The fourth-order valence-electron chi connectivity index (χ4n) is 4.36. The molecule has 9 nitrogen and oxygen atoms in total. The van der Waals surface area contributed by atoms with Crippen LogP contribution in [0.2, 0.25) is 0 Å². The fourth-order valence-corrected chi connectivity index (χ4v) is 4.36. The van der Waals surface area contributed by atoms with E-state index in [1.54, 1.807) is 11.8 Å². The second-order valence-corrected chi connectivity index (χ2v) is 8.82. The number of aromatic nitrogens is 3. The molecule has 0 saturated heterocycles. The van der Waals surface area contributed by atoms with Crippen LogP contribution in [-0.4, -0.2) is 38.7 Å². The van der Waals surface area contributed by atoms with Crippen molar-refractivity contribution < 1.29 is 14.7 Å². The molecular weight excluding hydrogens is 432 g/mol. The Morgan fingerprint density at radius 2 is 1.85 bits per heavy atom. The third-order valence-corrected chi connectivity index (χ3v) is 6.23. The van der Waals surface area contributed by atoms with Gasteiger partial charge in [-0.25, -0.2) is 15.4 Å². The van der Waals surface area contributed by atoms with Crippen LogP contribution in [0.4, 0.5) is 17.1 Å². The Balaban J connectivity index is 1.30. The molecule has 4 rings (SSSR count). The normalized spacial score (nSPS) is 14.1. The van der Waals surface area contributed by atoms with Crippen molar-refractivity contribution in [3.05, 3.63) is 36.8 Å². The number of nitrogens with one attached hydrogen (secondary N) is 4. The van der Waals surface area contributed by atoms with E-state index in [4.69, 9.17) is 9.94 Å². The topological polar surface area (TPSA) is 124 Å². The molecule has 1 aliphatic rings. The number of carbonyl (C=O) groups excluding carboxylic acids is 1. The molecule has 0 aliphatic heterocycles. The number of anilines is 3. The summed E-state index contributed by atoms with van der Waals surface area (Å²) in [7, 11) is 0. The first kappa shape index (κ1) is 23.8. The summed E-state index contributed by atoms with van der Waals surface area (Å²) in [5.74, 6) is 0.494. The molecule has 182 valence electrons. The molecule has 1 aromatic carbocycles. The van der Waals surface area contributed by atoms with Crippen LogP contribution in [0, 0.1) is 0 Å². The first-order chi connectivity index (χ1) is 16.7. The fraction of sp³-hybridized carbons (Fsp3) is 0.480. The summed E-state index contributed by atoms with van der Waals surface area (Å²) < 4.78 is 5.85. The third kappa shape index (κ3) is 6.60. The van der Waals surface area contributed by atoms with Gasteiger partial charge in [-0.05, 0) is 49.9 Å². The number of hydroxylamine groups is 1. The monoisotopic (exact) mass is 466 g/mol. The first-order valence-corrected chi connectivity index (χ1v) is 12.2.